The van der Waals surface area contributed by atoms with Crippen molar-refractivity contribution in [1.82, 2.24) is 0 Å². The van der Waals surface area contributed by atoms with E-state index >= 15 is 0 Å². The van der Waals surface area contributed by atoms with Crippen LogP contribution < -0.4 is 9.64 Å². The van der Waals surface area contributed by atoms with E-state index in [9.17, 15) is 13.2 Å². The predicted octanol–water partition coefficient (Wildman–Crippen LogP) is 2.85. The molecule has 0 spiro atoms. The molecule has 2 heterocycles. The van der Waals surface area contributed by atoms with Gasteiger partial charge in [-0.25, -0.2) is 8.42 Å². The molecule has 0 saturated carbocycles. The summed E-state index contributed by atoms with van der Waals surface area (Å²) in [6, 6.07) is 12.6. The summed E-state index contributed by atoms with van der Waals surface area (Å²) in [5.41, 5.74) is 3.18. The van der Waals surface area contributed by atoms with Crippen molar-refractivity contribution in [2.24, 2.45) is 0 Å². The molecule has 0 aromatic heterocycles. The standard InChI is InChI=1S/C20H19NO4S/c1-26(23,24)17-8-9-18-14(12-17)6-4-10-21(18)20(22)16-11-15-5-2-3-7-19(15)25-13-16/h2-3,5,7-9,11-12H,4,6,10,13H2,1H3. The quantitative estimate of drug-likeness (QED) is 0.817. The third-order valence-corrected chi connectivity index (χ3v) is 5.86. The van der Waals surface area contributed by atoms with Crippen LogP contribution in [0.25, 0.3) is 6.08 Å². The number of rotatable bonds is 2. The monoisotopic (exact) mass is 369 g/mol. The zero-order chi connectivity index (χ0) is 18.3. The molecule has 0 bridgehead atoms. The number of benzene rings is 2. The van der Waals surface area contributed by atoms with E-state index in [0.29, 0.717) is 17.0 Å². The zero-order valence-electron chi connectivity index (χ0n) is 14.4. The lowest BCUT2D eigenvalue weighted by Crippen LogP contribution is -2.38. The van der Waals surface area contributed by atoms with E-state index in [0.717, 1.165) is 35.4 Å². The fourth-order valence-electron chi connectivity index (χ4n) is 3.43. The number of carbonyl (C=O) groups is 1. The first kappa shape index (κ1) is 16.8. The van der Waals surface area contributed by atoms with Crippen molar-refractivity contribution < 1.29 is 17.9 Å². The molecule has 0 fully saturated rings. The minimum Gasteiger partial charge on any atom is -0.488 e. The topological polar surface area (TPSA) is 63.7 Å². The second kappa shape index (κ2) is 6.29. The lowest BCUT2D eigenvalue weighted by atomic mass is 10.00. The SMILES string of the molecule is CS(=O)(=O)c1ccc2c(c1)CCCN2C(=O)C1=Cc2ccccc2OC1. The molecule has 2 aliphatic heterocycles. The van der Waals surface area contributed by atoms with Crippen molar-refractivity contribution in [3.05, 3.63) is 59.2 Å². The number of para-hydroxylation sites is 1. The summed E-state index contributed by atoms with van der Waals surface area (Å²) in [5, 5.41) is 0. The maximum atomic E-state index is 13.1. The Morgan fingerprint density at radius 2 is 1.96 bits per heavy atom. The summed E-state index contributed by atoms with van der Waals surface area (Å²) in [6.45, 7) is 0.853. The average molecular weight is 369 g/mol. The van der Waals surface area contributed by atoms with Gasteiger partial charge in [-0.2, -0.15) is 0 Å². The first-order chi connectivity index (χ1) is 12.4. The highest BCUT2D eigenvalue weighted by atomic mass is 32.2. The van der Waals surface area contributed by atoms with E-state index in [4.69, 9.17) is 4.74 Å². The number of aryl methyl sites for hydroxylation is 1. The van der Waals surface area contributed by atoms with Crippen LogP contribution in [0.1, 0.15) is 17.5 Å². The van der Waals surface area contributed by atoms with Crippen LogP contribution in [-0.4, -0.2) is 33.7 Å². The molecule has 134 valence electrons. The van der Waals surface area contributed by atoms with Crippen molar-refractivity contribution in [2.45, 2.75) is 17.7 Å². The lowest BCUT2D eigenvalue weighted by molar-refractivity contribution is -0.115. The Morgan fingerprint density at radius 1 is 1.15 bits per heavy atom. The van der Waals surface area contributed by atoms with Gasteiger partial charge in [0.2, 0.25) is 0 Å². The van der Waals surface area contributed by atoms with Crippen LogP contribution in [0.3, 0.4) is 0 Å². The smallest absolute Gasteiger partial charge is 0.257 e. The number of anilines is 1. The summed E-state index contributed by atoms with van der Waals surface area (Å²) in [6.07, 6.45) is 4.64. The summed E-state index contributed by atoms with van der Waals surface area (Å²) in [7, 11) is -3.26. The van der Waals surface area contributed by atoms with Gasteiger partial charge in [0.25, 0.3) is 5.91 Å². The van der Waals surface area contributed by atoms with E-state index in [1.54, 1.807) is 23.1 Å². The normalized spacial score (nSPS) is 16.2. The number of nitrogens with zero attached hydrogens (tertiary/aromatic N) is 1. The van der Waals surface area contributed by atoms with Crippen molar-refractivity contribution in [2.75, 3.05) is 24.3 Å². The van der Waals surface area contributed by atoms with Crippen LogP contribution in [0.5, 0.6) is 5.75 Å². The van der Waals surface area contributed by atoms with Gasteiger partial charge >= 0.3 is 0 Å². The van der Waals surface area contributed by atoms with Crippen molar-refractivity contribution in [3.63, 3.8) is 0 Å². The van der Waals surface area contributed by atoms with Gasteiger partial charge in [-0.15, -0.1) is 0 Å². The van der Waals surface area contributed by atoms with Gasteiger partial charge in [0.05, 0.1) is 10.5 Å². The first-order valence-corrected chi connectivity index (χ1v) is 10.4. The van der Waals surface area contributed by atoms with E-state index < -0.39 is 9.84 Å². The van der Waals surface area contributed by atoms with E-state index in [1.807, 2.05) is 30.3 Å². The molecule has 2 aliphatic rings. The Balaban J connectivity index is 1.68. The Labute approximate surface area is 152 Å². The summed E-state index contributed by atoms with van der Waals surface area (Å²) < 4.78 is 29.3. The molecule has 0 atom stereocenters. The Hall–Kier alpha value is -2.60. The molecule has 2 aromatic carbocycles. The van der Waals surface area contributed by atoms with E-state index in [1.165, 1.54) is 6.26 Å². The maximum absolute atomic E-state index is 13.1. The van der Waals surface area contributed by atoms with Gasteiger partial charge in [0, 0.05) is 24.1 Å². The Bertz CT molecular complexity index is 1020. The summed E-state index contributed by atoms with van der Waals surface area (Å²) in [4.78, 5) is 15.1. The van der Waals surface area contributed by atoms with Crippen molar-refractivity contribution in [3.8, 4) is 5.75 Å². The van der Waals surface area contributed by atoms with Crippen LogP contribution in [0.15, 0.2) is 52.9 Å². The second-order valence-corrected chi connectivity index (χ2v) is 8.63. The molecule has 1 amide bonds. The molecule has 2 aromatic rings. The highest BCUT2D eigenvalue weighted by molar-refractivity contribution is 7.90. The molecule has 5 nitrogen and oxygen atoms in total. The Kier molecular flexibility index (Phi) is 4.07. The van der Waals surface area contributed by atoms with Crippen LogP contribution >= 0.6 is 0 Å². The maximum Gasteiger partial charge on any atom is 0.257 e. The third kappa shape index (κ3) is 3.01. The number of sulfone groups is 1. The molecular formula is C20H19NO4S. The molecule has 0 N–H and O–H groups in total. The summed E-state index contributed by atoms with van der Waals surface area (Å²) >= 11 is 0. The van der Waals surface area contributed by atoms with Crippen LogP contribution in [-0.2, 0) is 21.1 Å². The average Bonchev–Trinajstić information content (AvgIpc) is 2.65. The molecule has 0 unspecified atom stereocenters. The first-order valence-electron chi connectivity index (χ1n) is 8.51. The fourth-order valence-corrected chi connectivity index (χ4v) is 4.10. The van der Waals surface area contributed by atoms with Crippen molar-refractivity contribution >= 4 is 27.5 Å². The molecule has 4 rings (SSSR count). The lowest BCUT2D eigenvalue weighted by Gasteiger charge is -2.31. The number of hydrogen-bond acceptors (Lipinski definition) is 4. The highest BCUT2D eigenvalue weighted by Crippen LogP contribution is 2.32. The predicted molar refractivity (Wildman–Crippen MR) is 100 cm³/mol. The molecule has 0 aliphatic carbocycles. The van der Waals surface area contributed by atoms with Crippen LogP contribution in [0, 0.1) is 0 Å². The molecule has 0 radical (unpaired) electrons. The third-order valence-electron chi connectivity index (χ3n) is 4.75. The minimum absolute atomic E-state index is 0.0902. The minimum atomic E-state index is -3.26. The van der Waals surface area contributed by atoms with Crippen molar-refractivity contribution in [1.29, 1.82) is 0 Å². The van der Waals surface area contributed by atoms with E-state index in [-0.39, 0.29) is 12.5 Å². The van der Waals surface area contributed by atoms with Crippen LogP contribution in [0.4, 0.5) is 5.69 Å². The largest absolute Gasteiger partial charge is 0.488 e. The summed E-state index contributed by atoms with van der Waals surface area (Å²) in [5.74, 6) is 0.688. The van der Waals surface area contributed by atoms with Gasteiger partial charge in [-0.3, -0.25) is 4.79 Å². The number of hydrogen-bond donors (Lipinski definition) is 0. The molecule has 26 heavy (non-hydrogen) atoms. The Morgan fingerprint density at radius 3 is 2.77 bits per heavy atom. The van der Waals surface area contributed by atoms with Gasteiger partial charge in [0.15, 0.2) is 9.84 Å². The van der Waals surface area contributed by atoms with Crippen LogP contribution in [0.2, 0.25) is 0 Å². The van der Waals surface area contributed by atoms with Gasteiger partial charge in [-0.05, 0) is 48.7 Å². The zero-order valence-corrected chi connectivity index (χ0v) is 15.3. The van der Waals surface area contributed by atoms with E-state index in [2.05, 4.69) is 0 Å². The second-order valence-electron chi connectivity index (χ2n) is 6.62. The van der Waals surface area contributed by atoms with Gasteiger partial charge in [0.1, 0.15) is 12.4 Å². The molecule has 0 saturated heterocycles. The van der Waals surface area contributed by atoms with Gasteiger partial charge < -0.3 is 9.64 Å². The number of amides is 1. The fraction of sp³-hybridized carbons (Fsp3) is 0.250. The molecule has 6 heteroatoms. The number of ether oxygens (including phenoxy) is 1. The van der Waals surface area contributed by atoms with Gasteiger partial charge in [-0.1, -0.05) is 18.2 Å². The number of carbonyl (C=O) groups excluding carboxylic acids is 1. The highest BCUT2D eigenvalue weighted by Gasteiger charge is 2.27. The molecular weight excluding hydrogens is 350 g/mol. The number of fused-ring (bicyclic) bond motifs is 2.